The summed E-state index contributed by atoms with van der Waals surface area (Å²) in [6, 6.07) is 15.0. The molecule has 0 amide bonds. The predicted molar refractivity (Wildman–Crippen MR) is 151 cm³/mol. The van der Waals surface area contributed by atoms with Gasteiger partial charge in [0.25, 0.3) is 11.4 Å². The van der Waals surface area contributed by atoms with Crippen LogP contribution in [0.2, 0.25) is 0 Å². The second kappa shape index (κ2) is 12.1. The summed E-state index contributed by atoms with van der Waals surface area (Å²) < 4.78 is 16.0. The van der Waals surface area contributed by atoms with Crippen molar-refractivity contribution in [3.63, 3.8) is 0 Å². The number of anilines is 4. The van der Waals surface area contributed by atoms with Crippen LogP contribution in [0.5, 0.6) is 17.2 Å². The van der Waals surface area contributed by atoms with E-state index in [1.54, 1.807) is 12.1 Å². The van der Waals surface area contributed by atoms with Gasteiger partial charge >= 0.3 is 0 Å². The van der Waals surface area contributed by atoms with Crippen molar-refractivity contribution < 1.29 is 25.5 Å². The number of nitrogens with two attached hydrogens (primary N) is 1. The zero-order chi connectivity index (χ0) is 27.9. The first-order valence-electron chi connectivity index (χ1n) is 12.2. The zero-order valence-electron chi connectivity index (χ0n) is 21.7. The number of nitrogens with one attached hydrogen (secondary N) is 1. The Morgan fingerprint density at radius 3 is 1.90 bits per heavy atom. The van der Waals surface area contributed by atoms with Crippen molar-refractivity contribution in [2.45, 2.75) is 0 Å². The van der Waals surface area contributed by atoms with Gasteiger partial charge in [-0.15, -0.1) is 0 Å². The summed E-state index contributed by atoms with van der Waals surface area (Å²) in [4.78, 5) is 24.3. The number of fused-ring (bicyclic) bond motifs is 3. The Balaban J connectivity index is 0.000000164. The van der Waals surface area contributed by atoms with E-state index in [0.717, 1.165) is 54.7 Å². The van der Waals surface area contributed by atoms with Crippen molar-refractivity contribution >= 4 is 34.1 Å². The summed E-state index contributed by atoms with van der Waals surface area (Å²) in [5.41, 5.74) is 9.35. The molecule has 3 aliphatic rings. The molecule has 208 valence electrons. The minimum absolute atomic E-state index is 0. The topological polar surface area (TPSA) is 158 Å². The quantitative estimate of drug-likeness (QED) is 0.273. The van der Waals surface area contributed by atoms with Crippen LogP contribution in [0.3, 0.4) is 0 Å². The summed E-state index contributed by atoms with van der Waals surface area (Å²) in [6.07, 6.45) is 0. The van der Waals surface area contributed by atoms with E-state index >= 15 is 0 Å². The Bertz CT molecular complexity index is 1360. The lowest BCUT2D eigenvalue weighted by Gasteiger charge is -2.27. The van der Waals surface area contributed by atoms with Gasteiger partial charge in [-0.1, -0.05) is 0 Å². The van der Waals surface area contributed by atoms with E-state index in [-0.39, 0.29) is 12.8 Å². The number of ether oxygens (including phenoxy) is 3. The highest BCUT2D eigenvalue weighted by Gasteiger charge is 2.18. The zero-order valence-corrected chi connectivity index (χ0v) is 21.7. The Hall–Kier alpha value is -4.94. The number of rotatable bonds is 2. The van der Waals surface area contributed by atoms with Crippen molar-refractivity contribution in [2.24, 2.45) is 0 Å². The fraction of sp³-hybridized carbons (Fsp3) is 0.308. The molecule has 3 aliphatic heterocycles. The van der Waals surface area contributed by atoms with Gasteiger partial charge in [0, 0.05) is 46.0 Å². The molecule has 0 spiro atoms. The van der Waals surface area contributed by atoms with E-state index in [1.165, 1.54) is 24.3 Å². The normalized spacial score (nSPS) is 14.5. The van der Waals surface area contributed by atoms with Crippen LogP contribution in [0.25, 0.3) is 0 Å². The van der Waals surface area contributed by atoms with E-state index < -0.39 is 9.85 Å². The van der Waals surface area contributed by atoms with Crippen LogP contribution < -0.4 is 35.1 Å². The number of nitro benzene ring substituents is 2. The molecular formula is C26H32N6O7. The fourth-order valence-electron chi connectivity index (χ4n) is 4.07. The number of hydrogen-bond donors (Lipinski definition) is 2. The lowest BCUT2D eigenvalue weighted by molar-refractivity contribution is -0.385. The van der Waals surface area contributed by atoms with Gasteiger partial charge in [-0.2, -0.15) is 0 Å². The highest BCUT2D eigenvalue weighted by molar-refractivity contribution is 5.65. The number of nitrogen functional groups attached to an aromatic ring is 1. The third kappa shape index (κ3) is 6.69. The van der Waals surface area contributed by atoms with E-state index in [1.807, 2.05) is 30.1 Å². The molecule has 3 aromatic carbocycles. The first-order chi connectivity index (χ1) is 18.7. The highest BCUT2D eigenvalue weighted by atomic mass is 16.6. The Morgan fingerprint density at radius 1 is 0.769 bits per heavy atom. The maximum Gasteiger partial charge on any atom is 0.273 e. The van der Waals surface area contributed by atoms with Gasteiger partial charge in [-0.3, -0.25) is 20.2 Å². The highest BCUT2D eigenvalue weighted by Crippen LogP contribution is 2.34. The first kappa shape index (κ1) is 27.1. The molecule has 0 saturated heterocycles. The molecule has 0 aliphatic carbocycles. The maximum atomic E-state index is 10.5. The van der Waals surface area contributed by atoms with Crippen LogP contribution in [0.1, 0.15) is 1.43 Å². The minimum Gasteiger partial charge on any atom is -0.489 e. The molecule has 0 fully saturated rings. The van der Waals surface area contributed by atoms with Crippen LogP contribution in [0.4, 0.5) is 34.1 Å². The molecule has 0 saturated carbocycles. The van der Waals surface area contributed by atoms with E-state index in [9.17, 15) is 20.2 Å². The molecule has 0 bridgehead atoms. The smallest absolute Gasteiger partial charge is 0.273 e. The largest absolute Gasteiger partial charge is 0.489 e. The van der Waals surface area contributed by atoms with Gasteiger partial charge in [0.1, 0.15) is 37.1 Å². The van der Waals surface area contributed by atoms with Gasteiger partial charge < -0.3 is 35.1 Å². The Labute approximate surface area is 226 Å². The summed E-state index contributed by atoms with van der Waals surface area (Å²) >= 11 is 0. The molecular weight excluding hydrogens is 508 g/mol. The second-order valence-corrected chi connectivity index (χ2v) is 8.89. The number of likely N-dealkylation sites (N-methyl/N-ethyl adjacent to an activating group) is 2. The molecule has 3 N–H and O–H groups in total. The molecule has 0 radical (unpaired) electrons. The Morgan fingerprint density at radius 2 is 1.28 bits per heavy atom. The molecule has 0 unspecified atom stereocenters. The monoisotopic (exact) mass is 540 g/mol. The van der Waals surface area contributed by atoms with Gasteiger partial charge in [0.15, 0.2) is 0 Å². The van der Waals surface area contributed by atoms with Crippen molar-refractivity contribution in [2.75, 3.05) is 74.4 Å². The van der Waals surface area contributed by atoms with Crippen LogP contribution in [-0.4, -0.2) is 63.4 Å². The SMILES string of the molecule is CN1CCOc2cc(N)ccc21.CN1CCOc2cc([N+](=O)[O-])ccc21.O=[N+]([O-])c1ccc2c(c1)OCCN2.[HH]. The second-order valence-electron chi connectivity index (χ2n) is 8.89. The molecule has 3 aromatic rings. The van der Waals surface area contributed by atoms with Crippen LogP contribution >= 0.6 is 0 Å². The van der Waals surface area contributed by atoms with Crippen molar-refractivity contribution in [3.05, 3.63) is 74.8 Å². The van der Waals surface area contributed by atoms with E-state index in [0.29, 0.717) is 24.7 Å². The third-order valence-electron chi connectivity index (χ3n) is 6.18. The molecule has 0 atom stereocenters. The molecule has 0 aromatic heterocycles. The Kier molecular flexibility index (Phi) is 8.39. The van der Waals surface area contributed by atoms with Gasteiger partial charge in [0.2, 0.25) is 0 Å². The van der Waals surface area contributed by atoms with E-state index in [4.69, 9.17) is 19.9 Å². The predicted octanol–water partition coefficient (Wildman–Crippen LogP) is 4.17. The molecule has 13 heteroatoms. The van der Waals surface area contributed by atoms with Crippen LogP contribution in [0.15, 0.2) is 54.6 Å². The number of nitro groups is 2. The standard InChI is InChI=1S/C9H10N2O3.C9H12N2O.C8H8N2O3.H2/c1-10-4-5-14-9-6-7(11(12)13)2-3-8(9)10;1-11-4-5-12-9-6-7(10)2-3-8(9)11;11-10(12)6-1-2-7-8(5-6)13-4-3-9-7;/h2-3,6H,4-5H2,1H3;2-3,6H,4-5,10H2,1H3;1-2,5,9H,3-4H2;1H. The van der Waals surface area contributed by atoms with Crippen LogP contribution in [0, 0.1) is 20.2 Å². The minimum atomic E-state index is -0.432. The van der Waals surface area contributed by atoms with Crippen molar-refractivity contribution in [1.29, 1.82) is 0 Å². The number of nitrogens with zero attached hydrogens (tertiary/aromatic N) is 4. The number of hydrogen-bond acceptors (Lipinski definition) is 11. The average Bonchev–Trinajstić information content (AvgIpc) is 2.93. The molecule has 39 heavy (non-hydrogen) atoms. The first-order valence-corrected chi connectivity index (χ1v) is 12.2. The lowest BCUT2D eigenvalue weighted by atomic mass is 10.2. The van der Waals surface area contributed by atoms with Crippen molar-refractivity contribution in [1.82, 2.24) is 0 Å². The fourth-order valence-corrected chi connectivity index (χ4v) is 4.07. The van der Waals surface area contributed by atoms with Gasteiger partial charge in [0.05, 0.1) is 52.1 Å². The number of benzene rings is 3. The summed E-state index contributed by atoms with van der Waals surface area (Å²) in [5, 5.41) is 24.0. The summed E-state index contributed by atoms with van der Waals surface area (Å²) in [5.74, 6) is 2.04. The maximum absolute atomic E-state index is 10.5. The molecule has 6 rings (SSSR count). The lowest BCUT2D eigenvalue weighted by Crippen LogP contribution is -2.28. The van der Waals surface area contributed by atoms with Crippen molar-refractivity contribution in [3.8, 4) is 17.2 Å². The third-order valence-corrected chi connectivity index (χ3v) is 6.18. The van der Waals surface area contributed by atoms with E-state index in [2.05, 4.69) is 17.3 Å². The number of non-ortho nitro benzene ring substituents is 2. The molecule has 13 nitrogen and oxygen atoms in total. The van der Waals surface area contributed by atoms with Gasteiger partial charge in [-0.05, 0) is 24.3 Å². The summed E-state index contributed by atoms with van der Waals surface area (Å²) in [7, 11) is 3.99. The van der Waals surface area contributed by atoms with Crippen LogP contribution in [-0.2, 0) is 0 Å². The molecule has 3 heterocycles. The summed E-state index contributed by atoms with van der Waals surface area (Å²) in [6.45, 7) is 4.36. The average molecular weight is 541 g/mol. The van der Waals surface area contributed by atoms with Gasteiger partial charge in [-0.25, -0.2) is 0 Å².